The van der Waals surface area contributed by atoms with Gasteiger partial charge in [0.05, 0.1) is 6.61 Å². The van der Waals surface area contributed by atoms with Gasteiger partial charge in [0, 0.05) is 6.42 Å². The minimum Gasteiger partial charge on any atom is -0.442 e. The Morgan fingerprint density at radius 1 is 0.909 bits per heavy atom. The summed E-state index contributed by atoms with van der Waals surface area (Å²) in [5.41, 5.74) is 1.79. The maximum absolute atomic E-state index is 11.3. The number of carbonyl (C=O) groups is 2. The van der Waals surface area contributed by atoms with Gasteiger partial charge in [-0.1, -0.05) is 44.9 Å². The largest absolute Gasteiger partial charge is 0.442 e. The summed E-state index contributed by atoms with van der Waals surface area (Å²) >= 11 is 0. The second kappa shape index (κ2) is 13.6. The highest BCUT2D eigenvalue weighted by Crippen LogP contribution is 2.10. The van der Waals surface area contributed by atoms with Crippen molar-refractivity contribution in [3.05, 3.63) is 0 Å². The molecule has 0 radical (unpaired) electrons. The second-order valence-corrected chi connectivity index (χ2v) is 6.59. The topological polar surface area (TPSA) is 64.6 Å². The average molecular weight is 315 g/mol. The fraction of sp³-hybridized carbons (Fsp3) is 0.882. The Balaban J connectivity index is 3.17. The Bertz CT molecular complexity index is 287. The number of hydrogen-bond acceptors (Lipinski definition) is 4. The van der Waals surface area contributed by atoms with E-state index in [1.165, 1.54) is 38.5 Å². The minimum atomic E-state index is -0.540. The molecular formula is C17H33NO4. The van der Waals surface area contributed by atoms with Gasteiger partial charge in [-0.15, -0.1) is 0 Å². The number of ether oxygens (including phenoxy) is 1. The molecule has 5 heteroatoms. The minimum absolute atomic E-state index is 0.499. The highest BCUT2D eigenvalue weighted by molar-refractivity contribution is 5.66. The SMILES string of the molecule is CC(C)(C)OC(=O)NOCCCCCCCCCCCC=O. The Morgan fingerprint density at radius 3 is 1.91 bits per heavy atom. The van der Waals surface area contributed by atoms with E-state index < -0.39 is 11.7 Å². The van der Waals surface area contributed by atoms with Crippen LogP contribution in [0.1, 0.15) is 85.0 Å². The van der Waals surface area contributed by atoms with Crippen LogP contribution in [0, 0.1) is 0 Å². The van der Waals surface area contributed by atoms with Crippen molar-refractivity contribution in [3.63, 3.8) is 0 Å². The molecule has 0 atom stereocenters. The van der Waals surface area contributed by atoms with Crippen molar-refractivity contribution < 1.29 is 19.2 Å². The predicted molar refractivity (Wildman–Crippen MR) is 87.6 cm³/mol. The first-order valence-corrected chi connectivity index (χ1v) is 8.50. The first kappa shape index (κ1) is 20.9. The van der Waals surface area contributed by atoms with Crippen molar-refractivity contribution in [1.82, 2.24) is 5.48 Å². The van der Waals surface area contributed by atoms with E-state index in [-0.39, 0.29) is 0 Å². The highest BCUT2D eigenvalue weighted by atomic mass is 16.7. The van der Waals surface area contributed by atoms with Crippen LogP contribution in [0.15, 0.2) is 0 Å². The average Bonchev–Trinajstić information content (AvgIpc) is 2.42. The lowest BCUT2D eigenvalue weighted by atomic mass is 10.1. The van der Waals surface area contributed by atoms with Gasteiger partial charge >= 0.3 is 6.09 Å². The fourth-order valence-electron chi connectivity index (χ4n) is 2.05. The number of rotatable bonds is 13. The van der Waals surface area contributed by atoms with Crippen molar-refractivity contribution in [1.29, 1.82) is 0 Å². The summed E-state index contributed by atoms with van der Waals surface area (Å²) in [5.74, 6) is 0. The molecule has 0 fully saturated rings. The number of aldehydes is 1. The molecular weight excluding hydrogens is 282 g/mol. The third kappa shape index (κ3) is 17.0. The number of nitrogens with one attached hydrogen (secondary N) is 1. The molecule has 0 bridgehead atoms. The molecule has 0 saturated heterocycles. The summed E-state index contributed by atoms with van der Waals surface area (Å²) in [5, 5.41) is 0. The number of unbranched alkanes of at least 4 members (excludes halogenated alkanes) is 9. The van der Waals surface area contributed by atoms with Crippen molar-refractivity contribution in [2.24, 2.45) is 0 Å². The van der Waals surface area contributed by atoms with Crippen molar-refractivity contribution in [2.75, 3.05) is 6.61 Å². The zero-order valence-corrected chi connectivity index (χ0v) is 14.5. The van der Waals surface area contributed by atoms with E-state index in [9.17, 15) is 9.59 Å². The lowest BCUT2D eigenvalue weighted by Crippen LogP contribution is -2.32. The van der Waals surface area contributed by atoms with Crippen LogP contribution in [0.4, 0.5) is 4.79 Å². The summed E-state index contributed by atoms with van der Waals surface area (Å²) in [6.45, 7) is 5.96. The smallest absolute Gasteiger partial charge is 0.431 e. The molecule has 5 nitrogen and oxygen atoms in total. The molecule has 0 aliphatic carbocycles. The summed E-state index contributed by atoms with van der Waals surface area (Å²) < 4.78 is 5.05. The van der Waals surface area contributed by atoms with Crippen LogP contribution < -0.4 is 5.48 Å². The van der Waals surface area contributed by atoms with E-state index in [1.54, 1.807) is 0 Å². The van der Waals surface area contributed by atoms with Crippen LogP contribution in [-0.4, -0.2) is 24.6 Å². The number of hydrogen-bond donors (Lipinski definition) is 1. The van der Waals surface area contributed by atoms with E-state index in [4.69, 9.17) is 9.57 Å². The third-order valence-corrected chi connectivity index (χ3v) is 3.12. The molecule has 0 unspecified atom stereocenters. The Labute approximate surface area is 135 Å². The molecule has 0 aliphatic rings. The summed E-state index contributed by atoms with van der Waals surface area (Å²) in [6.07, 6.45) is 11.6. The zero-order valence-electron chi connectivity index (χ0n) is 14.5. The standard InChI is InChI=1S/C17H33NO4/c1-17(2,3)22-16(20)18-21-15-13-11-9-7-5-4-6-8-10-12-14-19/h14H,4-13,15H2,1-3H3,(H,18,20). The van der Waals surface area contributed by atoms with Crippen molar-refractivity contribution in [2.45, 2.75) is 90.6 Å². The monoisotopic (exact) mass is 315 g/mol. The van der Waals surface area contributed by atoms with Crippen molar-refractivity contribution in [3.8, 4) is 0 Å². The summed E-state index contributed by atoms with van der Waals surface area (Å²) in [7, 11) is 0. The van der Waals surface area contributed by atoms with Gasteiger partial charge in [0.15, 0.2) is 0 Å². The van der Waals surface area contributed by atoms with Gasteiger partial charge in [-0.05, 0) is 33.6 Å². The Kier molecular flexibility index (Phi) is 12.9. The third-order valence-electron chi connectivity index (χ3n) is 3.12. The molecule has 0 aliphatic heterocycles. The van der Waals surface area contributed by atoms with Gasteiger partial charge in [0.1, 0.15) is 11.9 Å². The second-order valence-electron chi connectivity index (χ2n) is 6.59. The molecule has 0 aromatic heterocycles. The van der Waals surface area contributed by atoms with Crippen LogP contribution in [0.5, 0.6) is 0 Å². The molecule has 1 amide bonds. The Morgan fingerprint density at radius 2 is 1.41 bits per heavy atom. The van der Waals surface area contributed by atoms with Gasteiger partial charge < -0.3 is 9.53 Å². The van der Waals surface area contributed by atoms with E-state index in [2.05, 4.69) is 5.48 Å². The zero-order chi connectivity index (χ0) is 16.7. The normalized spacial score (nSPS) is 11.2. The van der Waals surface area contributed by atoms with E-state index in [0.717, 1.165) is 25.5 Å². The van der Waals surface area contributed by atoms with E-state index in [0.29, 0.717) is 13.0 Å². The van der Waals surface area contributed by atoms with Crippen LogP contribution in [0.25, 0.3) is 0 Å². The van der Waals surface area contributed by atoms with Gasteiger partial charge in [-0.25, -0.2) is 4.79 Å². The van der Waals surface area contributed by atoms with Crippen LogP contribution >= 0.6 is 0 Å². The number of carbonyl (C=O) groups excluding carboxylic acids is 2. The number of amides is 1. The maximum atomic E-state index is 11.3. The Hall–Kier alpha value is -1.10. The van der Waals surface area contributed by atoms with Crippen LogP contribution in [0.3, 0.4) is 0 Å². The molecule has 130 valence electrons. The van der Waals surface area contributed by atoms with E-state index >= 15 is 0 Å². The molecule has 0 spiro atoms. The van der Waals surface area contributed by atoms with Crippen molar-refractivity contribution >= 4 is 12.4 Å². The van der Waals surface area contributed by atoms with Gasteiger partial charge in [0.2, 0.25) is 0 Å². The quantitative estimate of drug-likeness (QED) is 0.308. The van der Waals surface area contributed by atoms with Gasteiger partial charge in [0.25, 0.3) is 0 Å². The first-order valence-electron chi connectivity index (χ1n) is 8.50. The number of hydroxylamine groups is 1. The van der Waals surface area contributed by atoms with E-state index in [1.807, 2.05) is 20.8 Å². The molecule has 0 aromatic rings. The summed E-state index contributed by atoms with van der Waals surface area (Å²) in [6, 6.07) is 0. The maximum Gasteiger partial charge on any atom is 0.431 e. The predicted octanol–water partition coefficient (Wildman–Crippen LogP) is 4.54. The summed E-state index contributed by atoms with van der Waals surface area (Å²) in [4.78, 5) is 26.5. The molecule has 1 N–H and O–H groups in total. The van der Waals surface area contributed by atoms with Crippen LogP contribution in [-0.2, 0) is 14.4 Å². The fourth-order valence-corrected chi connectivity index (χ4v) is 2.05. The molecule has 0 aromatic carbocycles. The lowest BCUT2D eigenvalue weighted by Gasteiger charge is -2.19. The highest BCUT2D eigenvalue weighted by Gasteiger charge is 2.15. The lowest BCUT2D eigenvalue weighted by molar-refractivity contribution is -0.107. The van der Waals surface area contributed by atoms with Gasteiger partial charge in [-0.3, -0.25) is 4.84 Å². The molecule has 0 saturated carbocycles. The van der Waals surface area contributed by atoms with Gasteiger partial charge in [-0.2, -0.15) is 5.48 Å². The first-order chi connectivity index (χ1) is 10.5. The molecule has 22 heavy (non-hydrogen) atoms. The molecule has 0 heterocycles. The van der Waals surface area contributed by atoms with Crippen LogP contribution in [0.2, 0.25) is 0 Å². The molecule has 0 rings (SSSR count).